The number of aromatic nitrogens is 3. The zero-order valence-corrected chi connectivity index (χ0v) is 15.3. The van der Waals surface area contributed by atoms with Crippen LogP contribution in [0.25, 0.3) is 22.0 Å². The van der Waals surface area contributed by atoms with E-state index < -0.39 is 0 Å². The number of aryl methyl sites for hydroxylation is 3. The van der Waals surface area contributed by atoms with Gasteiger partial charge in [-0.05, 0) is 50.8 Å². The van der Waals surface area contributed by atoms with Crippen LogP contribution in [0, 0.1) is 13.8 Å². The van der Waals surface area contributed by atoms with Crippen LogP contribution in [0.5, 0.6) is 0 Å². The number of hydrogen-bond acceptors (Lipinski definition) is 4. The predicted octanol–water partition coefficient (Wildman–Crippen LogP) is 4.13. The van der Waals surface area contributed by atoms with Gasteiger partial charge in [-0.25, -0.2) is 4.98 Å². The van der Waals surface area contributed by atoms with Crippen molar-refractivity contribution in [3.05, 3.63) is 58.5 Å². The Morgan fingerprint density at radius 1 is 1.30 bits per heavy atom. The molecule has 1 aliphatic carbocycles. The van der Waals surface area contributed by atoms with Crippen LogP contribution in [0.15, 0.2) is 34.9 Å². The van der Waals surface area contributed by atoms with Gasteiger partial charge in [-0.1, -0.05) is 23.4 Å². The first-order valence-corrected chi connectivity index (χ1v) is 9.26. The monoisotopic (exact) mass is 360 g/mol. The van der Waals surface area contributed by atoms with Crippen LogP contribution < -0.4 is 5.32 Å². The van der Waals surface area contributed by atoms with Crippen molar-refractivity contribution in [1.82, 2.24) is 20.4 Å². The van der Waals surface area contributed by atoms with E-state index in [1.54, 1.807) is 6.07 Å². The number of H-pyrrole nitrogens is 1. The smallest absolute Gasteiger partial charge is 0.258 e. The highest BCUT2D eigenvalue weighted by molar-refractivity contribution is 6.06. The Hall–Kier alpha value is -3.15. The van der Waals surface area contributed by atoms with Gasteiger partial charge in [0.2, 0.25) is 0 Å². The molecule has 6 heteroatoms. The van der Waals surface area contributed by atoms with Gasteiger partial charge in [0, 0.05) is 22.3 Å². The summed E-state index contributed by atoms with van der Waals surface area (Å²) in [6, 6.07) is 10.1. The van der Waals surface area contributed by atoms with E-state index in [1.165, 1.54) is 10.9 Å². The summed E-state index contributed by atoms with van der Waals surface area (Å²) in [5, 5.41) is 9.13. The normalized spacial score (nSPS) is 16.6. The third-order valence-corrected chi connectivity index (χ3v) is 5.41. The van der Waals surface area contributed by atoms with Gasteiger partial charge in [-0.15, -0.1) is 0 Å². The number of benzene rings is 1. The van der Waals surface area contributed by atoms with E-state index >= 15 is 0 Å². The van der Waals surface area contributed by atoms with Crippen molar-refractivity contribution >= 4 is 27.9 Å². The van der Waals surface area contributed by atoms with Crippen molar-refractivity contribution in [2.45, 2.75) is 39.2 Å². The summed E-state index contributed by atoms with van der Waals surface area (Å²) in [4.78, 5) is 21.0. The molecule has 1 aromatic carbocycles. The molecule has 0 saturated carbocycles. The fourth-order valence-corrected chi connectivity index (χ4v) is 4.19. The molecule has 2 N–H and O–H groups in total. The van der Waals surface area contributed by atoms with Gasteiger partial charge in [0.05, 0.1) is 22.7 Å². The second-order valence-electron chi connectivity index (χ2n) is 7.24. The van der Waals surface area contributed by atoms with Crippen LogP contribution in [0.3, 0.4) is 0 Å². The van der Waals surface area contributed by atoms with Crippen LogP contribution in [-0.4, -0.2) is 21.0 Å². The molecular weight excluding hydrogens is 340 g/mol. The molecule has 1 amide bonds. The van der Waals surface area contributed by atoms with Gasteiger partial charge in [0.15, 0.2) is 0 Å². The molecule has 0 fully saturated rings. The van der Waals surface area contributed by atoms with E-state index in [-0.39, 0.29) is 11.9 Å². The van der Waals surface area contributed by atoms with Gasteiger partial charge >= 0.3 is 0 Å². The highest BCUT2D eigenvalue weighted by Gasteiger charge is 2.27. The van der Waals surface area contributed by atoms with E-state index in [4.69, 9.17) is 4.52 Å². The summed E-state index contributed by atoms with van der Waals surface area (Å²) in [6.07, 6.45) is 3.01. The number of aromatic amines is 1. The third-order valence-electron chi connectivity index (χ3n) is 5.41. The Morgan fingerprint density at radius 3 is 3.04 bits per heavy atom. The lowest BCUT2D eigenvalue weighted by atomic mass is 9.91. The minimum absolute atomic E-state index is 0.0302. The average molecular weight is 360 g/mol. The number of carbonyl (C=O) groups is 1. The first kappa shape index (κ1) is 16.1. The summed E-state index contributed by atoms with van der Waals surface area (Å²) < 4.78 is 5.26. The molecule has 1 unspecified atom stereocenters. The maximum atomic E-state index is 13.1. The maximum Gasteiger partial charge on any atom is 0.258 e. The Labute approximate surface area is 156 Å². The second kappa shape index (κ2) is 5.94. The fraction of sp³-hybridized carbons (Fsp3) is 0.286. The molecule has 1 atom stereocenters. The fourth-order valence-electron chi connectivity index (χ4n) is 4.19. The zero-order valence-electron chi connectivity index (χ0n) is 15.3. The molecular formula is C21H20N4O2. The van der Waals surface area contributed by atoms with Crippen molar-refractivity contribution in [1.29, 1.82) is 0 Å². The van der Waals surface area contributed by atoms with E-state index in [0.717, 1.165) is 36.2 Å². The molecule has 0 bridgehead atoms. The van der Waals surface area contributed by atoms with Crippen LogP contribution in [0.1, 0.15) is 51.9 Å². The number of para-hydroxylation sites is 1. The first-order valence-electron chi connectivity index (χ1n) is 9.26. The molecule has 3 aromatic heterocycles. The molecule has 0 radical (unpaired) electrons. The van der Waals surface area contributed by atoms with Crippen LogP contribution in [-0.2, 0) is 6.42 Å². The minimum atomic E-state index is -0.117. The molecule has 1 aliphatic rings. The lowest BCUT2D eigenvalue weighted by Crippen LogP contribution is -2.31. The molecule has 5 rings (SSSR count). The lowest BCUT2D eigenvalue weighted by Gasteiger charge is -2.24. The molecule has 0 saturated heterocycles. The first-order chi connectivity index (χ1) is 13.1. The number of carbonyl (C=O) groups excluding carboxylic acids is 1. The number of rotatable bonds is 2. The van der Waals surface area contributed by atoms with Crippen molar-refractivity contribution in [2.75, 3.05) is 0 Å². The van der Waals surface area contributed by atoms with Crippen molar-refractivity contribution in [2.24, 2.45) is 0 Å². The van der Waals surface area contributed by atoms with Crippen LogP contribution >= 0.6 is 0 Å². The summed E-state index contributed by atoms with van der Waals surface area (Å²) >= 11 is 0. The molecule has 6 nitrogen and oxygen atoms in total. The third kappa shape index (κ3) is 2.51. The van der Waals surface area contributed by atoms with Gasteiger partial charge in [0.25, 0.3) is 11.6 Å². The molecule has 0 spiro atoms. The number of pyridine rings is 1. The van der Waals surface area contributed by atoms with E-state index in [0.29, 0.717) is 22.4 Å². The van der Waals surface area contributed by atoms with E-state index in [9.17, 15) is 4.79 Å². The van der Waals surface area contributed by atoms with Crippen molar-refractivity contribution in [3.8, 4) is 0 Å². The van der Waals surface area contributed by atoms with Gasteiger partial charge in [0.1, 0.15) is 0 Å². The minimum Gasteiger partial charge on any atom is -0.356 e. The molecule has 4 aromatic rings. The van der Waals surface area contributed by atoms with Crippen LogP contribution in [0.4, 0.5) is 0 Å². The zero-order chi connectivity index (χ0) is 18.5. The van der Waals surface area contributed by atoms with Crippen molar-refractivity contribution < 1.29 is 9.32 Å². The van der Waals surface area contributed by atoms with Gasteiger partial charge < -0.3 is 14.8 Å². The topological polar surface area (TPSA) is 83.8 Å². The SMILES string of the molecule is Cc1cc(C(=O)NC2CCCc3c2[nH]c2ccccc32)c2c(C)noc2n1. The Balaban J connectivity index is 1.54. The largest absolute Gasteiger partial charge is 0.356 e. The Bertz CT molecular complexity index is 1190. The summed E-state index contributed by atoms with van der Waals surface area (Å²) in [7, 11) is 0. The van der Waals surface area contributed by atoms with E-state index in [1.807, 2.05) is 19.9 Å². The number of fused-ring (bicyclic) bond motifs is 4. The van der Waals surface area contributed by atoms with Crippen molar-refractivity contribution in [3.63, 3.8) is 0 Å². The average Bonchev–Trinajstić information content (AvgIpc) is 3.22. The number of hydrogen-bond donors (Lipinski definition) is 2. The summed E-state index contributed by atoms with van der Waals surface area (Å²) in [5.41, 5.74) is 5.96. The summed E-state index contributed by atoms with van der Waals surface area (Å²) in [6.45, 7) is 3.68. The lowest BCUT2D eigenvalue weighted by molar-refractivity contribution is 0.0933. The highest BCUT2D eigenvalue weighted by atomic mass is 16.5. The molecule has 136 valence electrons. The summed E-state index contributed by atoms with van der Waals surface area (Å²) in [5.74, 6) is -0.117. The van der Waals surface area contributed by atoms with Gasteiger partial charge in [-0.3, -0.25) is 4.79 Å². The highest BCUT2D eigenvalue weighted by Crippen LogP contribution is 2.35. The Morgan fingerprint density at radius 2 is 2.15 bits per heavy atom. The predicted molar refractivity (Wildman–Crippen MR) is 103 cm³/mol. The molecule has 0 aliphatic heterocycles. The second-order valence-corrected chi connectivity index (χ2v) is 7.24. The molecule has 3 heterocycles. The Kier molecular flexibility index (Phi) is 3.53. The standard InChI is InChI=1S/C21H20N4O2/c1-11-10-15(18-12(2)25-27-21(18)22-11)20(26)24-17-9-5-7-14-13-6-3-4-8-16(13)23-19(14)17/h3-4,6,8,10,17,23H,5,7,9H2,1-2H3,(H,24,26). The van der Waals surface area contributed by atoms with E-state index in [2.05, 4.69) is 38.6 Å². The molecule has 27 heavy (non-hydrogen) atoms. The quantitative estimate of drug-likeness (QED) is 0.563. The number of nitrogens with zero attached hydrogens (tertiary/aromatic N) is 2. The number of amides is 1. The maximum absolute atomic E-state index is 13.1. The van der Waals surface area contributed by atoms with Crippen LogP contribution in [0.2, 0.25) is 0 Å². The van der Waals surface area contributed by atoms with Gasteiger partial charge in [-0.2, -0.15) is 0 Å². The number of nitrogens with one attached hydrogen (secondary N) is 2.